The maximum atomic E-state index is 13.1. The number of carbonyl (C=O) groups excluding carboxylic acids is 2. The van der Waals surface area contributed by atoms with Crippen LogP contribution in [-0.2, 0) is 9.59 Å². The zero-order chi connectivity index (χ0) is 21.0. The van der Waals surface area contributed by atoms with Crippen molar-refractivity contribution in [3.05, 3.63) is 54.1 Å². The van der Waals surface area contributed by atoms with Crippen LogP contribution < -0.4 is 15.0 Å². The number of benzene rings is 2. The summed E-state index contributed by atoms with van der Waals surface area (Å²) in [4.78, 5) is 29.9. The average Bonchev–Trinajstić information content (AvgIpc) is 2.74. The third-order valence-electron chi connectivity index (χ3n) is 5.40. The van der Waals surface area contributed by atoms with Gasteiger partial charge in [-0.05, 0) is 45.0 Å². The molecule has 1 N–H and O–H groups in total. The zero-order valence-corrected chi connectivity index (χ0v) is 17.6. The van der Waals surface area contributed by atoms with Gasteiger partial charge in [-0.1, -0.05) is 29.8 Å². The predicted molar refractivity (Wildman–Crippen MR) is 115 cm³/mol. The van der Waals surface area contributed by atoms with E-state index in [2.05, 4.69) is 10.2 Å². The van der Waals surface area contributed by atoms with Crippen LogP contribution in [0, 0.1) is 12.3 Å². The molecule has 0 bridgehead atoms. The van der Waals surface area contributed by atoms with Gasteiger partial charge in [0.1, 0.15) is 11.2 Å². The van der Waals surface area contributed by atoms with Gasteiger partial charge in [-0.25, -0.2) is 0 Å². The monoisotopic (exact) mass is 395 g/mol. The molecule has 0 unspecified atom stereocenters. The molecule has 1 saturated heterocycles. The highest BCUT2D eigenvalue weighted by Gasteiger charge is 2.40. The Morgan fingerprint density at radius 3 is 2.21 bits per heavy atom. The summed E-state index contributed by atoms with van der Waals surface area (Å²) in [6.45, 7) is 7.89. The van der Waals surface area contributed by atoms with Crippen LogP contribution in [0.1, 0.15) is 19.4 Å². The van der Waals surface area contributed by atoms with Crippen molar-refractivity contribution in [3.8, 4) is 5.75 Å². The lowest BCUT2D eigenvalue weighted by Gasteiger charge is -2.39. The fraction of sp³-hybridized carbons (Fsp3) is 0.391. The Morgan fingerprint density at radius 1 is 0.966 bits per heavy atom. The highest BCUT2D eigenvalue weighted by atomic mass is 16.5. The molecule has 0 aromatic heterocycles. The fourth-order valence-corrected chi connectivity index (χ4v) is 3.46. The van der Waals surface area contributed by atoms with Crippen LogP contribution in [0.25, 0.3) is 0 Å². The maximum absolute atomic E-state index is 13.1. The van der Waals surface area contributed by atoms with Gasteiger partial charge in [-0.15, -0.1) is 0 Å². The first-order chi connectivity index (χ1) is 13.8. The lowest BCUT2D eigenvalue weighted by atomic mass is 9.89. The van der Waals surface area contributed by atoms with Gasteiger partial charge in [-0.3, -0.25) is 9.59 Å². The molecular weight excluding hydrogens is 366 g/mol. The van der Waals surface area contributed by atoms with Crippen LogP contribution in [0.15, 0.2) is 48.5 Å². The molecular formula is C23H29N3O3. The lowest BCUT2D eigenvalue weighted by Crippen LogP contribution is -2.54. The number of amides is 2. The summed E-state index contributed by atoms with van der Waals surface area (Å²) in [7, 11) is 1.66. The third kappa shape index (κ3) is 4.53. The van der Waals surface area contributed by atoms with E-state index in [4.69, 9.17) is 4.74 Å². The van der Waals surface area contributed by atoms with Crippen molar-refractivity contribution in [1.82, 2.24) is 4.90 Å². The number of anilines is 2. The van der Waals surface area contributed by atoms with E-state index >= 15 is 0 Å². The van der Waals surface area contributed by atoms with Gasteiger partial charge < -0.3 is 19.9 Å². The molecule has 2 aromatic carbocycles. The molecule has 1 heterocycles. The molecule has 0 atom stereocenters. The van der Waals surface area contributed by atoms with Gasteiger partial charge in [0.25, 0.3) is 0 Å². The van der Waals surface area contributed by atoms with Gasteiger partial charge in [0.2, 0.25) is 11.8 Å². The molecule has 29 heavy (non-hydrogen) atoms. The standard InChI is InChI=1S/C23H29N3O3/c1-17-9-11-18(12-10-17)24-21(27)23(2,3)22(28)26-15-13-25(14-16-26)19-7-5-6-8-20(19)29-4/h5-12H,13-16H2,1-4H3,(H,24,27). The molecule has 6 heteroatoms. The number of rotatable bonds is 5. The smallest absolute Gasteiger partial charge is 0.239 e. The number of para-hydroxylation sites is 2. The Kier molecular flexibility index (Phi) is 6.11. The summed E-state index contributed by atoms with van der Waals surface area (Å²) in [5.41, 5.74) is 1.70. The SMILES string of the molecule is COc1ccccc1N1CCN(C(=O)C(C)(C)C(=O)Nc2ccc(C)cc2)CC1. The van der Waals surface area contributed by atoms with E-state index in [1.165, 1.54) is 0 Å². The number of hydrogen-bond donors (Lipinski definition) is 1. The Morgan fingerprint density at radius 2 is 1.59 bits per heavy atom. The van der Waals surface area contributed by atoms with Crippen LogP contribution in [0.3, 0.4) is 0 Å². The molecule has 1 aliphatic rings. The van der Waals surface area contributed by atoms with Crippen molar-refractivity contribution in [2.24, 2.45) is 5.41 Å². The zero-order valence-electron chi connectivity index (χ0n) is 17.6. The Labute approximate surface area is 172 Å². The number of piperazine rings is 1. The average molecular weight is 396 g/mol. The van der Waals surface area contributed by atoms with Crippen molar-refractivity contribution < 1.29 is 14.3 Å². The van der Waals surface area contributed by atoms with E-state index in [1.54, 1.807) is 25.9 Å². The minimum Gasteiger partial charge on any atom is -0.495 e. The first kappa shape index (κ1) is 20.7. The van der Waals surface area contributed by atoms with Crippen LogP contribution >= 0.6 is 0 Å². The predicted octanol–water partition coefficient (Wildman–Crippen LogP) is 3.32. The molecule has 2 aromatic rings. The van der Waals surface area contributed by atoms with Crippen molar-refractivity contribution in [1.29, 1.82) is 0 Å². The summed E-state index contributed by atoms with van der Waals surface area (Å²) < 4.78 is 5.45. The molecule has 0 saturated carbocycles. The number of nitrogens with one attached hydrogen (secondary N) is 1. The number of nitrogens with zero attached hydrogens (tertiary/aromatic N) is 2. The molecule has 1 aliphatic heterocycles. The van der Waals surface area contributed by atoms with Crippen LogP contribution in [0.5, 0.6) is 5.75 Å². The van der Waals surface area contributed by atoms with Crippen molar-refractivity contribution in [2.75, 3.05) is 43.5 Å². The second-order valence-electron chi connectivity index (χ2n) is 7.90. The molecule has 3 rings (SSSR count). The Hall–Kier alpha value is -3.02. The highest BCUT2D eigenvalue weighted by molar-refractivity contribution is 6.09. The van der Waals surface area contributed by atoms with E-state index in [-0.39, 0.29) is 11.8 Å². The number of carbonyl (C=O) groups is 2. The van der Waals surface area contributed by atoms with E-state index in [9.17, 15) is 9.59 Å². The molecule has 0 spiro atoms. The second kappa shape index (κ2) is 8.55. The van der Waals surface area contributed by atoms with E-state index < -0.39 is 5.41 Å². The highest BCUT2D eigenvalue weighted by Crippen LogP contribution is 2.29. The van der Waals surface area contributed by atoms with Crippen molar-refractivity contribution >= 4 is 23.2 Å². The largest absolute Gasteiger partial charge is 0.495 e. The molecule has 2 amide bonds. The quantitative estimate of drug-likeness (QED) is 0.789. The molecule has 6 nitrogen and oxygen atoms in total. The van der Waals surface area contributed by atoms with E-state index in [0.717, 1.165) is 17.0 Å². The van der Waals surface area contributed by atoms with Crippen molar-refractivity contribution in [3.63, 3.8) is 0 Å². The summed E-state index contributed by atoms with van der Waals surface area (Å²) in [6, 6.07) is 15.4. The topological polar surface area (TPSA) is 61.9 Å². The van der Waals surface area contributed by atoms with Gasteiger partial charge in [-0.2, -0.15) is 0 Å². The number of methoxy groups -OCH3 is 1. The molecule has 154 valence electrons. The number of hydrogen-bond acceptors (Lipinski definition) is 4. The molecule has 1 fully saturated rings. The number of aryl methyl sites for hydroxylation is 1. The number of ether oxygens (including phenoxy) is 1. The first-order valence-electron chi connectivity index (χ1n) is 9.88. The second-order valence-corrected chi connectivity index (χ2v) is 7.90. The minimum atomic E-state index is -1.14. The third-order valence-corrected chi connectivity index (χ3v) is 5.40. The van der Waals surface area contributed by atoms with Gasteiger partial charge in [0, 0.05) is 31.9 Å². The van der Waals surface area contributed by atoms with Gasteiger partial charge >= 0.3 is 0 Å². The van der Waals surface area contributed by atoms with Crippen LogP contribution in [-0.4, -0.2) is 50.0 Å². The van der Waals surface area contributed by atoms with Gasteiger partial charge in [0.05, 0.1) is 12.8 Å². The molecule has 0 aliphatic carbocycles. The summed E-state index contributed by atoms with van der Waals surface area (Å²) in [6.07, 6.45) is 0. The Bertz CT molecular complexity index is 869. The Balaban J connectivity index is 1.62. The van der Waals surface area contributed by atoms with Crippen LogP contribution in [0.4, 0.5) is 11.4 Å². The normalized spacial score (nSPS) is 14.5. The van der Waals surface area contributed by atoms with Gasteiger partial charge in [0.15, 0.2) is 0 Å². The first-order valence-corrected chi connectivity index (χ1v) is 9.88. The molecule has 0 radical (unpaired) electrons. The van der Waals surface area contributed by atoms with Crippen LogP contribution in [0.2, 0.25) is 0 Å². The maximum Gasteiger partial charge on any atom is 0.239 e. The minimum absolute atomic E-state index is 0.151. The summed E-state index contributed by atoms with van der Waals surface area (Å²) in [5, 5.41) is 2.87. The summed E-state index contributed by atoms with van der Waals surface area (Å²) in [5.74, 6) is 0.380. The van der Waals surface area contributed by atoms with E-state index in [1.807, 2.05) is 55.5 Å². The lowest BCUT2D eigenvalue weighted by molar-refractivity contribution is -0.146. The van der Waals surface area contributed by atoms with E-state index in [0.29, 0.717) is 31.9 Å². The summed E-state index contributed by atoms with van der Waals surface area (Å²) >= 11 is 0. The fourth-order valence-electron chi connectivity index (χ4n) is 3.46. The van der Waals surface area contributed by atoms with Crippen molar-refractivity contribution in [2.45, 2.75) is 20.8 Å².